The highest BCUT2D eigenvalue weighted by atomic mass is 16.2. The van der Waals surface area contributed by atoms with Crippen LogP contribution in [0.25, 0.3) is 0 Å². The lowest BCUT2D eigenvalue weighted by Crippen LogP contribution is -2.60. The number of aromatic nitrogens is 2. The zero-order valence-corrected chi connectivity index (χ0v) is 17.0. The first-order valence-corrected chi connectivity index (χ1v) is 10.9. The van der Waals surface area contributed by atoms with Crippen LogP contribution in [0.1, 0.15) is 41.7 Å². The van der Waals surface area contributed by atoms with Gasteiger partial charge >= 0.3 is 0 Å². The number of rotatable bonds is 4. The minimum atomic E-state index is -0.147. The summed E-state index contributed by atoms with van der Waals surface area (Å²) >= 11 is 0. The van der Waals surface area contributed by atoms with E-state index in [4.69, 9.17) is 0 Å². The van der Waals surface area contributed by atoms with Gasteiger partial charge in [0.1, 0.15) is 5.82 Å². The lowest BCUT2D eigenvalue weighted by Gasteiger charge is -2.52. The van der Waals surface area contributed by atoms with Crippen molar-refractivity contribution in [2.75, 3.05) is 24.5 Å². The lowest BCUT2D eigenvalue weighted by molar-refractivity contribution is -0.142. The average Bonchev–Trinajstić information content (AvgIpc) is 2.79. The molecule has 3 atom stereocenters. The highest BCUT2D eigenvalue weighted by Gasteiger charge is 2.44. The summed E-state index contributed by atoms with van der Waals surface area (Å²) in [6.07, 6.45) is 7.43. The maximum absolute atomic E-state index is 12.4. The van der Waals surface area contributed by atoms with Crippen molar-refractivity contribution < 1.29 is 9.59 Å². The van der Waals surface area contributed by atoms with Gasteiger partial charge in [0.25, 0.3) is 5.91 Å². The average molecular weight is 406 g/mol. The Bertz CT molecular complexity index is 917. The summed E-state index contributed by atoms with van der Waals surface area (Å²) < 4.78 is 0. The van der Waals surface area contributed by atoms with Crippen molar-refractivity contribution in [3.8, 4) is 0 Å². The van der Waals surface area contributed by atoms with E-state index in [2.05, 4.69) is 25.1 Å². The zero-order chi connectivity index (χ0) is 20.5. The van der Waals surface area contributed by atoms with Crippen LogP contribution in [0.2, 0.25) is 0 Å². The number of pyridine rings is 2. The highest BCUT2D eigenvalue weighted by Crippen LogP contribution is 2.38. The molecule has 0 aromatic carbocycles. The molecule has 0 spiro atoms. The molecule has 0 aliphatic carbocycles. The van der Waals surface area contributed by atoms with Gasteiger partial charge in [-0.2, -0.15) is 0 Å². The second-order valence-corrected chi connectivity index (χ2v) is 8.68. The maximum atomic E-state index is 12.4. The zero-order valence-electron chi connectivity index (χ0n) is 17.0. The number of carbonyl (C=O) groups excluding carboxylic acids is 2. The number of carbonyl (C=O) groups is 2. The predicted molar refractivity (Wildman–Crippen MR) is 113 cm³/mol. The van der Waals surface area contributed by atoms with E-state index in [1.54, 1.807) is 12.4 Å². The van der Waals surface area contributed by atoms with Crippen LogP contribution in [-0.2, 0) is 11.3 Å². The minimum absolute atomic E-state index is 0.147. The van der Waals surface area contributed by atoms with E-state index >= 15 is 0 Å². The normalized spacial score (nSPS) is 25.6. The largest absolute Gasteiger partial charge is 0.356 e. The summed E-state index contributed by atoms with van der Waals surface area (Å²) in [6, 6.07) is 9.82. The SMILES string of the molecule is O=C(NCc1ccccn1)c1ccc(N2CC3CC(C2)[C@H]2CCCC(=O)N2C3)nc1. The van der Waals surface area contributed by atoms with Gasteiger partial charge in [0.15, 0.2) is 0 Å². The standard InChI is InChI=1S/C23H27N5O2/c29-22-6-3-5-20-18-10-16(14-28(20)22)13-27(15-18)21-8-7-17(11-25-21)23(30)26-12-19-4-1-2-9-24-19/h1-2,4,7-9,11,16,18,20H,3,5-6,10,12-15H2,(H,26,30)/t16?,18?,20-/m1/s1. The molecule has 3 aliphatic heterocycles. The molecule has 5 heterocycles. The molecule has 3 aliphatic rings. The maximum Gasteiger partial charge on any atom is 0.253 e. The van der Waals surface area contributed by atoms with Crippen molar-refractivity contribution in [1.82, 2.24) is 20.2 Å². The summed E-state index contributed by atoms with van der Waals surface area (Å²) in [4.78, 5) is 38.0. The van der Waals surface area contributed by atoms with E-state index < -0.39 is 0 Å². The number of piperidine rings is 3. The summed E-state index contributed by atoms with van der Waals surface area (Å²) in [5, 5.41) is 2.89. The summed E-state index contributed by atoms with van der Waals surface area (Å²) in [6.45, 7) is 3.13. The van der Waals surface area contributed by atoms with Crippen molar-refractivity contribution in [3.63, 3.8) is 0 Å². The second-order valence-electron chi connectivity index (χ2n) is 8.68. The molecule has 3 fully saturated rings. The van der Waals surface area contributed by atoms with Crippen molar-refractivity contribution in [3.05, 3.63) is 54.0 Å². The molecule has 3 saturated heterocycles. The smallest absolute Gasteiger partial charge is 0.253 e. The number of hydrogen-bond acceptors (Lipinski definition) is 5. The fraction of sp³-hybridized carbons (Fsp3) is 0.478. The van der Waals surface area contributed by atoms with Gasteiger partial charge in [-0.15, -0.1) is 0 Å². The van der Waals surface area contributed by atoms with Crippen LogP contribution in [0.3, 0.4) is 0 Å². The van der Waals surface area contributed by atoms with Gasteiger partial charge in [0.2, 0.25) is 5.91 Å². The molecular formula is C23H27N5O2. The van der Waals surface area contributed by atoms with Crippen LogP contribution < -0.4 is 10.2 Å². The van der Waals surface area contributed by atoms with Crippen LogP contribution in [0.15, 0.2) is 42.7 Å². The van der Waals surface area contributed by atoms with Gasteiger partial charge in [-0.3, -0.25) is 14.6 Å². The Morgan fingerprint density at radius 1 is 1.13 bits per heavy atom. The van der Waals surface area contributed by atoms with Gasteiger partial charge in [0.05, 0.1) is 17.8 Å². The van der Waals surface area contributed by atoms with E-state index in [9.17, 15) is 9.59 Å². The van der Waals surface area contributed by atoms with E-state index in [1.165, 1.54) is 6.42 Å². The molecule has 156 valence electrons. The Morgan fingerprint density at radius 2 is 2.07 bits per heavy atom. The van der Waals surface area contributed by atoms with Gasteiger partial charge in [-0.05, 0) is 55.4 Å². The summed E-state index contributed by atoms with van der Waals surface area (Å²) in [5.74, 6) is 2.14. The van der Waals surface area contributed by atoms with Gasteiger partial charge in [0, 0.05) is 44.5 Å². The van der Waals surface area contributed by atoms with Crippen LogP contribution in [0.5, 0.6) is 0 Å². The van der Waals surface area contributed by atoms with Crippen LogP contribution in [0.4, 0.5) is 5.82 Å². The summed E-state index contributed by atoms with van der Waals surface area (Å²) in [5.41, 5.74) is 1.38. The van der Waals surface area contributed by atoms with E-state index in [0.29, 0.717) is 42.3 Å². The fourth-order valence-corrected chi connectivity index (χ4v) is 5.28. The van der Waals surface area contributed by atoms with Crippen molar-refractivity contribution >= 4 is 17.6 Å². The van der Waals surface area contributed by atoms with E-state index in [1.807, 2.05) is 30.3 Å². The third-order valence-electron chi connectivity index (χ3n) is 6.67. The first kappa shape index (κ1) is 19.0. The number of amides is 2. The molecule has 2 unspecified atom stereocenters. The Labute approximate surface area is 176 Å². The Kier molecular flexibility index (Phi) is 5.11. The van der Waals surface area contributed by atoms with Gasteiger partial charge < -0.3 is 15.1 Å². The number of nitrogens with one attached hydrogen (secondary N) is 1. The molecule has 0 radical (unpaired) electrons. The second kappa shape index (κ2) is 8.05. The molecule has 5 rings (SSSR count). The molecule has 1 N–H and O–H groups in total. The van der Waals surface area contributed by atoms with Crippen LogP contribution >= 0.6 is 0 Å². The molecule has 2 amide bonds. The minimum Gasteiger partial charge on any atom is -0.356 e. The first-order valence-electron chi connectivity index (χ1n) is 10.9. The Morgan fingerprint density at radius 3 is 2.87 bits per heavy atom. The monoisotopic (exact) mass is 405 g/mol. The third-order valence-corrected chi connectivity index (χ3v) is 6.67. The third kappa shape index (κ3) is 3.76. The lowest BCUT2D eigenvalue weighted by atomic mass is 9.76. The number of anilines is 1. The Balaban J connectivity index is 1.23. The topological polar surface area (TPSA) is 78.4 Å². The number of fused-ring (bicyclic) bond motifs is 4. The van der Waals surface area contributed by atoms with Crippen molar-refractivity contribution in [2.45, 2.75) is 38.3 Å². The molecule has 2 bridgehead atoms. The van der Waals surface area contributed by atoms with E-state index in [-0.39, 0.29) is 5.91 Å². The molecular weight excluding hydrogens is 378 g/mol. The molecule has 7 heteroatoms. The van der Waals surface area contributed by atoms with Crippen LogP contribution in [-0.4, -0.2) is 52.4 Å². The van der Waals surface area contributed by atoms with Gasteiger partial charge in [-0.1, -0.05) is 6.07 Å². The molecule has 0 saturated carbocycles. The highest BCUT2D eigenvalue weighted by molar-refractivity contribution is 5.94. The molecule has 2 aromatic heterocycles. The van der Waals surface area contributed by atoms with E-state index in [0.717, 1.165) is 44.0 Å². The Hall–Kier alpha value is -2.96. The molecule has 7 nitrogen and oxygen atoms in total. The fourth-order valence-electron chi connectivity index (χ4n) is 5.28. The number of hydrogen-bond donors (Lipinski definition) is 1. The predicted octanol–water partition coefficient (Wildman–Crippen LogP) is 2.24. The van der Waals surface area contributed by atoms with Crippen molar-refractivity contribution in [2.24, 2.45) is 11.8 Å². The number of nitrogens with zero attached hydrogens (tertiary/aromatic N) is 4. The van der Waals surface area contributed by atoms with Crippen LogP contribution in [0, 0.1) is 11.8 Å². The van der Waals surface area contributed by atoms with Gasteiger partial charge in [-0.25, -0.2) is 4.98 Å². The molecule has 2 aromatic rings. The molecule has 30 heavy (non-hydrogen) atoms. The summed E-state index contributed by atoms with van der Waals surface area (Å²) in [7, 11) is 0. The quantitative estimate of drug-likeness (QED) is 0.844. The van der Waals surface area contributed by atoms with Crippen molar-refractivity contribution in [1.29, 1.82) is 0 Å². The first-order chi connectivity index (χ1) is 14.7.